The SMILES string of the molecule is CCOC(=O)C(=CNCCCC(=O)O)C(=O)OCC. The molecule has 108 valence electrons. The Labute approximate surface area is 111 Å². The summed E-state index contributed by atoms with van der Waals surface area (Å²) in [7, 11) is 0. The van der Waals surface area contributed by atoms with Gasteiger partial charge in [-0.25, -0.2) is 9.59 Å². The lowest BCUT2D eigenvalue weighted by molar-refractivity contribution is -0.146. The van der Waals surface area contributed by atoms with Gasteiger partial charge in [-0.3, -0.25) is 4.79 Å². The van der Waals surface area contributed by atoms with Crippen LogP contribution >= 0.6 is 0 Å². The molecule has 0 saturated heterocycles. The lowest BCUT2D eigenvalue weighted by atomic mass is 10.3. The van der Waals surface area contributed by atoms with Gasteiger partial charge in [0.25, 0.3) is 0 Å². The molecule has 0 radical (unpaired) electrons. The largest absolute Gasteiger partial charge is 0.481 e. The average Bonchev–Trinajstić information content (AvgIpc) is 2.33. The molecule has 7 nitrogen and oxygen atoms in total. The molecule has 0 aliphatic rings. The number of carboxylic acid groups (broad SMARTS) is 1. The molecule has 0 aliphatic heterocycles. The highest BCUT2D eigenvalue weighted by atomic mass is 16.6. The smallest absolute Gasteiger partial charge is 0.347 e. The fourth-order valence-electron chi connectivity index (χ4n) is 1.13. The van der Waals surface area contributed by atoms with E-state index in [2.05, 4.69) is 5.32 Å². The Morgan fingerprint density at radius 3 is 2.05 bits per heavy atom. The summed E-state index contributed by atoms with van der Waals surface area (Å²) >= 11 is 0. The number of carbonyl (C=O) groups excluding carboxylic acids is 2. The number of hydrogen-bond acceptors (Lipinski definition) is 6. The van der Waals surface area contributed by atoms with Crippen LogP contribution in [0.25, 0.3) is 0 Å². The Hall–Kier alpha value is -2.05. The molecule has 0 saturated carbocycles. The van der Waals surface area contributed by atoms with Crippen LogP contribution in [0, 0.1) is 0 Å². The molecule has 0 rings (SSSR count). The van der Waals surface area contributed by atoms with E-state index in [9.17, 15) is 14.4 Å². The third kappa shape index (κ3) is 7.80. The van der Waals surface area contributed by atoms with Crippen LogP contribution in [0.4, 0.5) is 0 Å². The maximum atomic E-state index is 11.5. The molecule has 0 spiro atoms. The van der Waals surface area contributed by atoms with Crippen LogP contribution in [0.1, 0.15) is 26.7 Å². The minimum absolute atomic E-state index is 0.00891. The van der Waals surface area contributed by atoms with Gasteiger partial charge in [0.05, 0.1) is 13.2 Å². The minimum atomic E-state index is -0.901. The fraction of sp³-hybridized carbons (Fsp3) is 0.583. The van der Waals surface area contributed by atoms with Gasteiger partial charge >= 0.3 is 17.9 Å². The number of ether oxygens (including phenoxy) is 2. The van der Waals surface area contributed by atoms with Crippen molar-refractivity contribution < 1.29 is 29.0 Å². The molecule has 2 N–H and O–H groups in total. The van der Waals surface area contributed by atoms with Gasteiger partial charge in [0.15, 0.2) is 5.57 Å². The molecular formula is C12H19NO6. The van der Waals surface area contributed by atoms with Crippen molar-refractivity contribution >= 4 is 17.9 Å². The van der Waals surface area contributed by atoms with Crippen molar-refractivity contribution in [2.45, 2.75) is 26.7 Å². The third-order valence-corrected chi connectivity index (χ3v) is 1.95. The van der Waals surface area contributed by atoms with E-state index in [-0.39, 0.29) is 25.2 Å². The van der Waals surface area contributed by atoms with Gasteiger partial charge in [-0.05, 0) is 20.3 Å². The predicted molar refractivity (Wildman–Crippen MR) is 66.2 cm³/mol. The van der Waals surface area contributed by atoms with Crippen LogP contribution in [-0.2, 0) is 23.9 Å². The summed E-state index contributed by atoms with van der Waals surface area (Å²) in [5.41, 5.74) is -0.237. The lowest BCUT2D eigenvalue weighted by Gasteiger charge is -2.07. The topological polar surface area (TPSA) is 102 Å². The van der Waals surface area contributed by atoms with Crippen molar-refractivity contribution in [3.63, 3.8) is 0 Å². The van der Waals surface area contributed by atoms with Crippen LogP contribution in [-0.4, -0.2) is 42.8 Å². The number of nitrogens with one attached hydrogen (secondary N) is 1. The number of esters is 2. The first kappa shape index (κ1) is 16.9. The summed E-state index contributed by atoms with van der Waals surface area (Å²) in [6.45, 7) is 3.87. The van der Waals surface area contributed by atoms with Crippen molar-refractivity contribution in [3.8, 4) is 0 Å². The van der Waals surface area contributed by atoms with Gasteiger partial charge in [0.2, 0.25) is 0 Å². The molecule has 0 atom stereocenters. The number of carboxylic acids is 1. The van der Waals surface area contributed by atoms with E-state index in [4.69, 9.17) is 14.6 Å². The van der Waals surface area contributed by atoms with Gasteiger partial charge in [0.1, 0.15) is 0 Å². The maximum Gasteiger partial charge on any atom is 0.347 e. The average molecular weight is 273 g/mol. The Bertz CT molecular complexity index is 330. The maximum absolute atomic E-state index is 11.5. The Morgan fingerprint density at radius 2 is 1.63 bits per heavy atom. The van der Waals surface area contributed by atoms with E-state index in [1.165, 1.54) is 6.20 Å². The zero-order chi connectivity index (χ0) is 14.7. The van der Waals surface area contributed by atoms with Crippen LogP contribution in [0.3, 0.4) is 0 Å². The lowest BCUT2D eigenvalue weighted by Crippen LogP contribution is -2.22. The summed E-state index contributed by atoms with van der Waals surface area (Å²) in [4.78, 5) is 33.3. The molecular weight excluding hydrogens is 254 g/mol. The van der Waals surface area contributed by atoms with E-state index in [1.807, 2.05) is 0 Å². The number of aliphatic carboxylic acids is 1. The van der Waals surface area contributed by atoms with Gasteiger partial charge < -0.3 is 19.9 Å². The van der Waals surface area contributed by atoms with E-state index < -0.39 is 17.9 Å². The first-order valence-corrected chi connectivity index (χ1v) is 6.02. The zero-order valence-corrected chi connectivity index (χ0v) is 11.1. The summed E-state index contributed by atoms with van der Waals surface area (Å²) < 4.78 is 9.45. The molecule has 0 aromatic carbocycles. The van der Waals surface area contributed by atoms with Crippen molar-refractivity contribution in [1.29, 1.82) is 0 Å². The molecule has 0 aromatic heterocycles. The normalized spacial score (nSPS) is 9.37. The van der Waals surface area contributed by atoms with Crippen LogP contribution < -0.4 is 5.32 Å². The summed E-state index contributed by atoms with van der Waals surface area (Å²) in [5, 5.41) is 11.1. The molecule has 19 heavy (non-hydrogen) atoms. The molecule has 0 aromatic rings. The molecule has 7 heteroatoms. The third-order valence-electron chi connectivity index (χ3n) is 1.95. The van der Waals surface area contributed by atoms with Gasteiger partial charge in [-0.1, -0.05) is 0 Å². The van der Waals surface area contributed by atoms with Crippen LogP contribution in [0.5, 0.6) is 0 Å². The quantitative estimate of drug-likeness (QED) is 0.207. The number of hydrogen-bond donors (Lipinski definition) is 2. The van der Waals surface area contributed by atoms with E-state index in [0.717, 1.165) is 0 Å². The van der Waals surface area contributed by atoms with E-state index in [0.29, 0.717) is 13.0 Å². The molecule has 0 heterocycles. The van der Waals surface area contributed by atoms with Gasteiger partial charge in [-0.2, -0.15) is 0 Å². The van der Waals surface area contributed by atoms with Crippen molar-refractivity contribution in [3.05, 3.63) is 11.8 Å². The highest BCUT2D eigenvalue weighted by Gasteiger charge is 2.20. The highest BCUT2D eigenvalue weighted by molar-refractivity contribution is 6.13. The van der Waals surface area contributed by atoms with Gasteiger partial charge in [-0.15, -0.1) is 0 Å². The second-order valence-corrected chi connectivity index (χ2v) is 3.45. The summed E-state index contributed by atoms with van der Waals surface area (Å²) in [6.07, 6.45) is 1.58. The Kier molecular flexibility index (Phi) is 8.86. The summed E-state index contributed by atoms with van der Waals surface area (Å²) in [6, 6.07) is 0. The molecule has 0 amide bonds. The first-order chi connectivity index (χ1) is 9.02. The fourth-order valence-corrected chi connectivity index (χ4v) is 1.13. The highest BCUT2D eigenvalue weighted by Crippen LogP contribution is 2.01. The number of carbonyl (C=O) groups is 3. The molecule has 0 bridgehead atoms. The van der Waals surface area contributed by atoms with E-state index >= 15 is 0 Å². The zero-order valence-electron chi connectivity index (χ0n) is 11.1. The minimum Gasteiger partial charge on any atom is -0.481 e. The van der Waals surface area contributed by atoms with Gasteiger partial charge in [0, 0.05) is 19.2 Å². The van der Waals surface area contributed by atoms with Crippen LogP contribution in [0.2, 0.25) is 0 Å². The van der Waals surface area contributed by atoms with Crippen molar-refractivity contribution in [2.24, 2.45) is 0 Å². The molecule has 0 fully saturated rings. The Balaban J connectivity index is 4.42. The van der Waals surface area contributed by atoms with Crippen molar-refractivity contribution in [1.82, 2.24) is 5.32 Å². The van der Waals surface area contributed by atoms with E-state index in [1.54, 1.807) is 13.8 Å². The predicted octanol–water partition coefficient (Wildman–Crippen LogP) is 0.451. The molecule has 0 unspecified atom stereocenters. The second-order valence-electron chi connectivity index (χ2n) is 3.45. The molecule has 0 aliphatic carbocycles. The number of rotatable bonds is 9. The Morgan fingerprint density at radius 1 is 1.11 bits per heavy atom. The van der Waals surface area contributed by atoms with Crippen LogP contribution in [0.15, 0.2) is 11.8 Å². The first-order valence-electron chi connectivity index (χ1n) is 6.02. The second kappa shape index (κ2) is 9.93. The summed E-state index contributed by atoms with van der Waals surface area (Å²) in [5.74, 6) is -2.44. The monoisotopic (exact) mass is 273 g/mol. The standard InChI is InChI=1S/C12H19NO6/c1-3-18-11(16)9(12(17)19-4-2)8-13-7-5-6-10(14)15/h8,13H,3-7H2,1-2H3,(H,14,15). The van der Waals surface area contributed by atoms with Crippen molar-refractivity contribution in [2.75, 3.05) is 19.8 Å².